The third-order valence-corrected chi connectivity index (χ3v) is 2.52. The van der Waals surface area contributed by atoms with Gasteiger partial charge >= 0.3 is 7.69 Å². The molecule has 2 aromatic rings. The predicted molar refractivity (Wildman–Crippen MR) is 90.8 cm³/mol. The first kappa shape index (κ1) is 16.0. The lowest BCUT2D eigenvalue weighted by Gasteiger charge is -2.07. The number of nitrogens with zero attached hydrogens (tertiary/aromatic N) is 2. The van der Waals surface area contributed by atoms with Crippen LogP contribution in [0.15, 0.2) is 58.5 Å². The third-order valence-electron chi connectivity index (χ3n) is 2.52. The van der Waals surface area contributed by atoms with Gasteiger partial charge in [0.15, 0.2) is 11.9 Å². The normalized spacial score (nSPS) is 9.57. The van der Waals surface area contributed by atoms with Crippen LogP contribution in [-0.2, 0) is 0 Å². The summed E-state index contributed by atoms with van der Waals surface area (Å²) in [6.07, 6.45) is 0. The van der Waals surface area contributed by atoms with Gasteiger partial charge in [-0.2, -0.15) is 0 Å². The maximum absolute atomic E-state index is 5.37. The van der Waals surface area contributed by atoms with Crippen LogP contribution in [0.5, 0.6) is 11.5 Å². The second-order valence-electron chi connectivity index (χ2n) is 4.40. The molecule has 0 unspecified atom stereocenters. The molecule has 8 N–H and O–H groups in total. The van der Waals surface area contributed by atoms with E-state index in [1.165, 1.54) is 7.69 Å². The van der Waals surface area contributed by atoms with Gasteiger partial charge in [0.05, 0.1) is 11.4 Å². The number of aliphatic imine (C=N–C) groups is 2. The monoisotopic (exact) mass is 311 g/mol. The van der Waals surface area contributed by atoms with E-state index in [1.807, 2.05) is 0 Å². The summed E-state index contributed by atoms with van der Waals surface area (Å²) in [7, 11) is 1.18. The first-order valence-corrected chi connectivity index (χ1v) is 6.57. The maximum atomic E-state index is 5.37. The Kier molecular flexibility index (Phi) is 5.29. The Morgan fingerprint density at radius 2 is 1.17 bits per heavy atom. The molecule has 0 amide bonds. The highest BCUT2D eigenvalue weighted by atomic mass is 16.6. The van der Waals surface area contributed by atoms with Crippen molar-refractivity contribution >= 4 is 31.0 Å². The third kappa shape index (κ3) is 5.50. The smallest absolute Gasteiger partial charge is 0.526 e. The van der Waals surface area contributed by atoms with Gasteiger partial charge in [0.1, 0.15) is 11.5 Å². The molecule has 9 heteroatoms. The van der Waals surface area contributed by atoms with Gasteiger partial charge in [-0.3, -0.25) is 0 Å². The number of hydrogen-bond donors (Lipinski definition) is 4. The molecular formula is C14H16BN6O2. The fourth-order valence-corrected chi connectivity index (χ4v) is 1.69. The van der Waals surface area contributed by atoms with Crippen molar-refractivity contribution in [2.45, 2.75) is 0 Å². The largest absolute Gasteiger partial charge is 0.658 e. The Bertz CT molecular complexity index is 665. The van der Waals surface area contributed by atoms with Gasteiger partial charge in [-0.15, -0.1) is 0 Å². The molecule has 1 radical (unpaired) electrons. The Balaban J connectivity index is 1.95. The van der Waals surface area contributed by atoms with Crippen LogP contribution >= 0.6 is 0 Å². The van der Waals surface area contributed by atoms with E-state index in [-0.39, 0.29) is 11.9 Å². The first-order valence-electron chi connectivity index (χ1n) is 6.57. The van der Waals surface area contributed by atoms with Crippen molar-refractivity contribution in [3.63, 3.8) is 0 Å². The molecule has 0 bridgehead atoms. The van der Waals surface area contributed by atoms with Crippen molar-refractivity contribution < 1.29 is 9.31 Å². The molecular weight excluding hydrogens is 295 g/mol. The van der Waals surface area contributed by atoms with E-state index in [0.29, 0.717) is 22.9 Å². The zero-order chi connectivity index (χ0) is 16.7. The van der Waals surface area contributed by atoms with Gasteiger partial charge in [0, 0.05) is 12.1 Å². The van der Waals surface area contributed by atoms with Crippen molar-refractivity contribution in [3.8, 4) is 11.5 Å². The topological polar surface area (TPSA) is 147 Å². The number of benzene rings is 2. The summed E-state index contributed by atoms with van der Waals surface area (Å²) in [6.45, 7) is 0. The number of rotatable bonds is 6. The molecule has 0 spiro atoms. The van der Waals surface area contributed by atoms with Crippen LogP contribution in [0.25, 0.3) is 0 Å². The average Bonchev–Trinajstić information content (AvgIpc) is 2.46. The SMILES string of the molecule is NC(N)=Nc1cccc(O[B]Oc2cccc(N=C(N)N)c2)c1. The fourth-order valence-electron chi connectivity index (χ4n) is 1.69. The van der Waals surface area contributed by atoms with Crippen molar-refractivity contribution in [1.82, 2.24) is 0 Å². The van der Waals surface area contributed by atoms with Crippen LogP contribution in [0.3, 0.4) is 0 Å². The van der Waals surface area contributed by atoms with Gasteiger partial charge in [-0.1, -0.05) is 12.1 Å². The lowest BCUT2D eigenvalue weighted by molar-refractivity contribution is 0.459. The summed E-state index contributed by atoms with van der Waals surface area (Å²) < 4.78 is 10.7. The second kappa shape index (κ2) is 7.60. The van der Waals surface area contributed by atoms with E-state index >= 15 is 0 Å². The quantitative estimate of drug-likeness (QED) is 0.347. The van der Waals surface area contributed by atoms with E-state index in [2.05, 4.69) is 9.98 Å². The minimum Gasteiger partial charge on any atom is -0.526 e. The Morgan fingerprint density at radius 1 is 0.739 bits per heavy atom. The highest BCUT2D eigenvalue weighted by Gasteiger charge is 2.03. The molecule has 0 heterocycles. The summed E-state index contributed by atoms with van der Waals surface area (Å²) in [5.74, 6) is 0.985. The Morgan fingerprint density at radius 3 is 1.57 bits per heavy atom. The second-order valence-corrected chi connectivity index (χ2v) is 4.40. The molecule has 8 nitrogen and oxygen atoms in total. The molecule has 0 aliphatic carbocycles. The van der Waals surface area contributed by atoms with Gasteiger partial charge in [-0.25, -0.2) is 9.98 Å². The summed E-state index contributed by atoms with van der Waals surface area (Å²) in [6, 6.07) is 13.8. The summed E-state index contributed by atoms with van der Waals surface area (Å²) in [4.78, 5) is 7.85. The van der Waals surface area contributed by atoms with Crippen LogP contribution in [0.1, 0.15) is 0 Å². The molecule has 0 aliphatic rings. The molecule has 2 aromatic carbocycles. The van der Waals surface area contributed by atoms with E-state index in [9.17, 15) is 0 Å². The van der Waals surface area contributed by atoms with E-state index < -0.39 is 0 Å². The van der Waals surface area contributed by atoms with Crippen molar-refractivity contribution in [2.24, 2.45) is 32.9 Å². The van der Waals surface area contributed by atoms with Gasteiger partial charge in [0.2, 0.25) is 0 Å². The molecule has 117 valence electrons. The Labute approximate surface area is 134 Å². The zero-order valence-electron chi connectivity index (χ0n) is 12.2. The predicted octanol–water partition coefficient (Wildman–Crippen LogP) is 0.488. The van der Waals surface area contributed by atoms with Crippen molar-refractivity contribution in [3.05, 3.63) is 48.5 Å². The molecule has 0 fully saturated rings. The van der Waals surface area contributed by atoms with E-state index in [0.717, 1.165) is 0 Å². The van der Waals surface area contributed by atoms with E-state index in [4.69, 9.17) is 32.2 Å². The average molecular weight is 311 g/mol. The standard InChI is InChI=1S/C14H16BN6O2/c16-13(17)20-9-3-1-5-11(7-9)22-15-23-12-6-2-4-10(8-12)21-14(18)19/h1-8H,(H4,16,17,20)(H4,18,19,21). The molecule has 0 saturated carbocycles. The molecule has 0 atom stereocenters. The Hall–Kier alpha value is -3.36. The van der Waals surface area contributed by atoms with Crippen LogP contribution < -0.4 is 32.2 Å². The number of hydrogen-bond acceptors (Lipinski definition) is 4. The molecule has 0 aromatic heterocycles. The van der Waals surface area contributed by atoms with Gasteiger partial charge in [0.25, 0.3) is 0 Å². The zero-order valence-corrected chi connectivity index (χ0v) is 12.2. The first-order chi connectivity index (χ1) is 11.0. The highest BCUT2D eigenvalue weighted by molar-refractivity contribution is 6.20. The maximum Gasteiger partial charge on any atom is 0.658 e. The summed E-state index contributed by atoms with van der Waals surface area (Å²) in [5, 5.41) is 0. The number of nitrogens with two attached hydrogens (primary N) is 4. The van der Waals surface area contributed by atoms with Crippen LogP contribution in [-0.4, -0.2) is 19.6 Å². The highest BCUT2D eigenvalue weighted by Crippen LogP contribution is 2.21. The molecule has 0 aliphatic heterocycles. The fraction of sp³-hybridized carbons (Fsp3) is 0. The molecule has 23 heavy (non-hydrogen) atoms. The molecule has 2 rings (SSSR count). The molecule has 0 saturated heterocycles. The van der Waals surface area contributed by atoms with Crippen LogP contribution in [0.2, 0.25) is 0 Å². The van der Waals surface area contributed by atoms with E-state index in [1.54, 1.807) is 48.5 Å². The van der Waals surface area contributed by atoms with Gasteiger partial charge < -0.3 is 32.2 Å². The van der Waals surface area contributed by atoms with Crippen molar-refractivity contribution in [1.29, 1.82) is 0 Å². The van der Waals surface area contributed by atoms with Crippen LogP contribution in [0.4, 0.5) is 11.4 Å². The minimum absolute atomic E-state index is 0.0288. The lowest BCUT2D eigenvalue weighted by atomic mass is 10.2. The number of guanidine groups is 2. The summed E-state index contributed by atoms with van der Waals surface area (Å²) >= 11 is 0. The van der Waals surface area contributed by atoms with Crippen molar-refractivity contribution in [2.75, 3.05) is 0 Å². The lowest BCUT2D eigenvalue weighted by Crippen LogP contribution is -2.21. The van der Waals surface area contributed by atoms with Crippen LogP contribution in [0, 0.1) is 0 Å². The van der Waals surface area contributed by atoms with Gasteiger partial charge in [-0.05, 0) is 24.3 Å². The minimum atomic E-state index is -0.0288. The summed E-state index contributed by atoms with van der Waals surface area (Å²) in [5.41, 5.74) is 22.5.